The lowest BCUT2D eigenvalue weighted by Crippen LogP contribution is -2.41. The number of nitriles is 1. The van der Waals surface area contributed by atoms with Gasteiger partial charge in [-0.25, -0.2) is 4.79 Å². The van der Waals surface area contributed by atoms with Crippen molar-refractivity contribution in [1.82, 2.24) is 5.32 Å². The maximum Gasteiger partial charge on any atom is 0.326 e. The quantitative estimate of drug-likeness (QED) is 0.405. The van der Waals surface area contributed by atoms with Crippen LogP contribution in [0, 0.1) is 21.4 Å². The van der Waals surface area contributed by atoms with E-state index in [9.17, 15) is 19.7 Å². The van der Waals surface area contributed by atoms with Gasteiger partial charge in [0.2, 0.25) is 5.91 Å². The predicted molar refractivity (Wildman–Crippen MR) is 80.4 cm³/mol. The van der Waals surface area contributed by atoms with E-state index in [-0.39, 0.29) is 18.5 Å². The van der Waals surface area contributed by atoms with Gasteiger partial charge in [-0.2, -0.15) is 5.26 Å². The first-order chi connectivity index (χ1) is 10.9. The fourth-order valence-corrected chi connectivity index (χ4v) is 2.02. The Bertz CT molecular complexity index is 624. The molecule has 8 heteroatoms. The van der Waals surface area contributed by atoms with Crippen LogP contribution in [0.3, 0.4) is 0 Å². The highest BCUT2D eigenvalue weighted by Gasteiger charge is 2.19. The van der Waals surface area contributed by atoms with E-state index in [0.717, 1.165) is 0 Å². The van der Waals surface area contributed by atoms with Crippen LogP contribution in [0.5, 0.6) is 0 Å². The van der Waals surface area contributed by atoms with E-state index in [4.69, 9.17) is 10.4 Å². The van der Waals surface area contributed by atoms with E-state index in [1.807, 2.05) is 6.07 Å². The van der Waals surface area contributed by atoms with E-state index in [1.54, 1.807) is 6.07 Å². The first kappa shape index (κ1) is 18.1. The highest BCUT2D eigenvalue weighted by molar-refractivity contribution is 5.84. The van der Waals surface area contributed by atoms with Crippen LogP contribution in [0.4, 0.5) is 5.69 Å². The highest BCUT2D eigenvalue weighted by Crippen LogP contribution is 2.13. The van der Waals surface area contributed by atoms with E-state index in [0.29, 0.717) is 24.8 Å². The van der Waals surface area contributed by atoms with Crippen LogP contribution < -0.4 is 5.32 Å². The molecule has 0 fully saturated rings. The van der Waals surface area contributed by atoms with Gasteiger partial charge in [-0.1, -0.05) is 12.1 Å². The van der Waals surface area contributed by atoms with Crippen molar-refractivity contribution in [3.05, 3.63) is 39.9 Å². The molecule has 122 valence electrons. The molecule has 0 radical (unpaired) electrons. The molecule has 0 unspecified atom stereocenters. The molecule has 0 spiro atoms. The molecule has 0 bridgehead atoms. The molecular weight excluding hydrogens is 302 g/mol. The SMILES string of the molecule is N#CCCCC[C@H](NC(=O)Cc1cccc([N+](=O)[O-])c1)C(=O)O. The molecule has 0 heterocycles. The van der Waals surface area contributed by atoms with E-state index < -0.39 is 22.8 Å². The first-order valence-electron chi connectivity index (χ1n) is 7.06. The summed E-state index contributed by atoms with van der Waals surface area (Å²) in [5.41, 5.74) is 0.312. The summed E-state index contributed by atoms with van der Waals surface area (Å²) in [7, 11) is 0. The lowest BCUT2D eigenvalue weighted by molar-refractivity contribution is -0.384. The number of carboxylic acids is 1. The van der Waals surface area contributed by atoms with Crippen LogP contribution in [0.15, 0.2) is 24.3 Å². The molecule has 1 amide bonds. The maximum atomic E-state index is 11.9. The summed E-state index contributed by atoms with van der Waals surface area (Å²) in [6.45, 7) is 0. The van der Waals surface area contributed by atoms with Crippen LogP contribution in [0.1, 0.15) is 31.2 Å². The molecule has 0 aromatic heterocycles. The van der Waals surface area contributed by atoms with Crippen molar-refractivity contribution >= 4 is 17.6 Å². The lowest BCUT2D eigenvalue weighted by Gasteiger charge is -2.14. The van der Waals surface area contributed by atoms with Gasteiger partial charge in [0.25, 0.3) is 5.69 Å². The summed E-state index contributed by atoms with van der Waals surface area (Å²) < 4.78 is 0. The molecule has 1 atom stereocenters. The Morgan fingerprint density at radius 3 is 2.74 bits per heavy atom. The van der Waals surface area contributed by atoms with Crippen LogP contribution in [0.25, 0.3) is 0 Å². The molecule has 1 aromatic carbocycles. The zero-order chi connectivity index (χ0) is 17.2. The number of nitrogens with zero attached hydrogens (tertiary/aromatic N) is 2. The number of carbonyl (C=O) groups excluding carboxylic acids is 1. The van der Waals surface area contributed by atoms with Gasteiger partial charge in [0.1, 0.15) is 6.04 Å². The number of benzene rings is 1. The minimum Gasteiger partial charge on any atom is -0.480 e. The Morgan fingerprint density at radius 1 is 1.39 bits per heavy atom. The number of carbonyl (C=O) groups is 2. The average molecular weight is 319 g/mol. The molecule has 1 rings (SSSR count). The molecule has 0 aliphatic heterocycles. The minimum atomic E-state index is -1.14. The van der Waals surface area contributed by atoms with Gasteiger partial charge in [-0.05, 0) is 24.8 Å². The zero-order valence-electron chi connectivity index (χ0n) is 12.4. The number of rotatable bonds is 9. The van der Waals surface area contributed by atoms with Crippen molar-refractivity contribution in [3.63, 3.8) is 0 Å². The summed E-state index contributed by atoms with van der Waals surface area (Å²) in [5.74, 6) is -1.66. The van der Waals surface area contributed by atoms with Crippen LogP contribution in [0.2, 0.25) is 0 Å². The molecule has 0 aliphatic rings. The fourth-order valence-electron chi connectivity index (χ4n) is 2.02. The molecule has 1 aromatic rings. The number of hydrogen-bond donors (Lipinski definition) is 2. The van der Waals surface area contributed by atoms with Crippen LogP contribution in [-0.2, 0) is 16.0 Å². The molecular formula is C15H17N3O5. The smallest absolute Gasteiger partial charge is 0.326 e. The number of amides is 1. The fraction of sp³-hybridized carbons (Fsp3) is 0.400. The third kappa shape index (κ3) is 6.56. The second-order valence-electron chi connectivity index (χ2n) is 4.97. The second-order valence-corrected chi connectivity index (χ2v) is 4.97. The number of nitro benzene ring substituents is 1. The van der Waals surface area contributed by atoms with Gasteiger partial charge < -0.3 is 10.4 Å². The Kier molecular flexibility index (Phi) is 7.20. The Morgan fingerprint density at radius 2 is 2.13 bits per heavy atom. The van der Waals surface area contributed by atoms with Gasteiger partial charge in [-0.3, -0.25) is 14.9 Å². The topological polar surface area (TPSA) is 133 Å². The number of unbranched alkanes of at least 4 members (excludes halogenated alkanes) is 2. The van der Waals surface area contributed by atoms with Crippen molar-refractivity contribution < 1.29 is 19.6 Å². The molecule has 0 saturated carbocycles. The average Bonchev–Trinajstić information content (AvgIpc) is 2.50. The first-order valence-corrected chi connectivity index (χ1v) is 7.06. The summed E-state index contributed by atoms with van der Waals surface area (Å²) in [4.78, 5) is 33.1. The minimum absolute atomic E-state index is 0.124. The third-order valence-electron chi connectivity index (χ3n) is 3.15. The van der Waals surface area contributed by atoms with Crippen molar-refractivity contribution in [3.8, 4) is 6.07 Å². The summed E-state index contributed by atoms with van der Waals surface area (Å²) in [5, 5.41) is 30.6. The summed E-state index contributed by atoms with van der Waals surface area (Å²) in [6, 6.07) is 6.57. The van der Waals surface area contributed by atoms with E-state index in [1.165, 1.54) is 18.2 Å². The number of nitrogens with one attached hydrogen (secondary N) is 1. The van der Waals surface area contributed by atoms with Gasteiger partial charge >= 0.3 is 5.97 Å². The highest BCUT2D eigenvalue weighted by atomic mass is 16.6. The van der Waals surface area contributed by atoms with Gasteiger partial charge in [0.05, 0.1) is 17.4 Å². The number of non-ortho nitro benzene ring substituents is 1. The molecule has 8 nitrogen and oxygen atoms in total. The van der Waals surface area contributed by atoms with Crippen LogP contribution in [-0.4, -0.2) is 27.9 Å². The van der Waals surface area contributed by atoms with Crippen molar-refractivity contribution in [2.75, 3.05) is 0 Å². The summed E-state index contributed by atoms with van der Waals surface area (Å²) >= 11 is 0. The largest absolute Gasteiger partial charge is 0.480 e. The maximum absolute atomic E-state index is 11.9. The van der Waals surface area contributed by atoms with Gasteiger partial charge in [-0.15, -0.1) is 0 Å². The number of hydrogen-bond acceptors (Lipinski definition) is 5. The Hall–Kier alpha value is -2.95. The van der Waals surface area contributed by atoms with E-state index >= 15 is 0 Å². The van der Waals surface area contributed by atoms with Crippen molar-refractivity contribution in [2.45, 2.75) is 38.1 Å². The number of carboxylic acid groups (broad SMARTS) is 1. The Labute approximate surface area is 132 Å². The van der Waals surface area contributed by atoms with E-state index in [2.05, 4.69) is 5.32 Å². The second kappa shape index (κ2) is 9.15. The molecule has 2 N–H and O–H groups in total. The van der Waals surface area contributed by atoms with Gasteiger partial charge in [0.15, 0.2) is 0 Å². The third-order valence-corrected chi connectivity index (χ3v) is 3.15. The van der Waals surface area contributed by atoms with Crippen LogP contribution >= 0.6 is 0 Å². The molecule has 0 aliphatic carbocycles. The predicted octanol–water partition coefficient (Wildman–Crippen LogP) is 1.79. The van der Waals surface area contributed by atoms with Crippen molar-refractivity contribution in [1.29, 1.82) is 5.26 Å². The Balaban J connectivity index is 2.58. The molecule has 0 saturated heterocycles. The normalized spacial score (nSPS) is 11.3. The standard InChI is InChI=1S/C15H17N3O5/c16-8-3-1-2-7-13(15(20)21)17-14(19)10-11-5-4-6-12(9-11)18(22)23/h4-6,9,13H,1-3,7,10H2,(H,17,19)(H,20,21)/t13-/m0/s1. The number of aliphatic carboxylic acids is 1. The summed E-state index contributed by atoms with van der Waals surface area (Å²) in [6.07, 6.45) is 1.53. The number of nitro groups is 1. The van der Waals surface area contributed by atoms with Gasteiger partial charge in [0, 0.05) is 18.6 Å². The zero-order valence-corrected chi connectivity index (χ0v) is 12.4. The van der Waals surface area contributed by atoms with Crippen molar-refractivity contribution in [2.24, 2.45) is 0 Å². The lowest BCUT2D eigenvalue weighted by atomic mass is 10.1. The molecule has 23 heavy (non-hydrogen) atoms. The monoisotopic (exact) mass is 319 g/mol.